The zero-order valence-corrected chi connectivity index (χ0v) is 41.3. The fraction of sp³-hybridized carbons (Fsp3) is 0.774. The summed E-state index contributed by atoms with van der Waals surface area (Å²) >= 11 is 0. The van der Waals surface area contributed by atoms with Crippen molar-refractivity contribution < 1.29 is 73.8 Å². The average Bonchev–Trinajstić information content (AvgIpc) is 3.33. The lowest BCUT2D eigenvalue weighted by molar-refractivity contribution is -0.332. The van der Waals surface area contributed by atoms with Crippen LogP contribution in [0.15, 0.2) is 60.8 Å². The second-order valence-corrected chi connectivity index (χ2v) is 18.0. The van der Waals surface area contributed by atoms with Crippen LogP contribution in [0.3, 0.4) is 0 Å². The molecule has 0 aliphatic carbocycles. The summed E-state index contributed by atoms with van der Waals surface area (Å²) in [6.07, 6.45) is 28.2. The van der Waals surface area contributed by atoms with Gasteiger partial charge in [0.15, 0.2) is 18.7 Å². The van der Waals surface area contributed by atoms with Crippen LogP contribution in [0.4, 0.5) is 0 Å². The number of rotatable bonds is 39. The van der Waals surface area contributed by atoms with Gasteiger partial charge in [-0.15, -0.1) is 0 Å². The van der Waals surface area contributed by atoms with Gasteiger partial charge in [-0.25, -0.2) is 0 Å². The Balaban J connectivity index is 1.80. The molecule has 2 fully saturated rings. The Labute approximate surface area is 407 Å². The number of ether oxygens (including phenoxy) is 6. The summed E-state index contributed by atoms with van der Waals surface area (Å²) < 4.78 is 33.5. The number of hydrogen-bond donors (Lipinski definition) is 7. The second-order valence-electron chi connectivity index (χ2n) is 18.0. The van der Waals surface area contributed by atoms with Crippen molar-refractivity contribution in [3.8, 4) is 0 Å². The van der Waals surface area contributed by atoms with Gasteiger partial charge in [0.05, 0.1) is 19.8 Å². The number of carbonyl (C=O) groups is 2. The molecule has 0 saturated carbocycles. The predicted octanol–water partition coefficient (Wildman–Crippen LogP) is 7.27. The topological polar surface area (TPSA) is 231 Å². The van der Waals surface area contributed by atoms with Gasteiger partial charge in [0, 0.05) is 12.8 Å². The molecule has 0 radical (unpaired) electrons. The standard InChI is InChI=1S/C53H90O15/c1-3-5-7-9-11-13-15-17-18-19-20-21-22-24-25-27-29-31-33-35-44(55)63-38-41(66-45(56)36-34-32-30-28-26-23-16-14-12-10-8-6-4-2)39-64-52-51(62)49(60)47(58)43(68-52)40-65-53-50(61)48(59)46(57)42(37-54)67-53/h6,8,11-14,17-18,23,26,41-43,46-54,57-62H,3-5,7,9-10,15-16,19-22,24-25,27-40H2,1-2H3/b8-6-,13-11-,14-12-,18-17-,26-23-. The molecule has 2 heterocycles. The molecule has 392 valence electrons. The highest BCUT2D eigenvalue weighted by Gasteiger charge is 2.47. The van der Waals surface area contributed by atoms with E-state index in [0.717, 1.165) is 70.6 Å². The molecule has 11 unspecified atom stereocenters. The van der Waals surface area contributed by atoms with E-state index >= 15 is 0 Å². The van der Waals surface area contributed by atoms with Crippen LogP contribution in [0.5, 0.6) is 0 Å². The third kappa shape index (κ3) is 27.6. The van der Waals surface area contributed by atoms with Gasteiger partial charge >= 0.3 is 11.9 Å². The third-order valence-corrected chi connectivity index (χ3v) is 12.0. The number of unbranched alkanes of at least 4 members (excludes halogenated alkanes) is 15. The minimum Gasteiger partial charge on any atom is -0.462 e. The highest BCUT2D eigenvalue weighted by atomic mass is 16.7. The van der Waals surface area contributed by atoms with Crippen LogP contribution in [0.2, 0.25) is 0 Å². The number of esters is 2. The van der Waals surface area contributed by atoms with Crippen LogP contribution in [-0.2, 0) is 38.0 Å². The van der Waals surface area contributed by atoms with E-state index in [2.05, 4.69) is 74.6 Å². The molecule has 0 aromatic carbocycles. The summed E-state index contributed by atoms with van der Waals surface area (Å²) in [5, 5.41) is 72.1. The zero-order chi connectivity index (χ0) is 49.6. The molecule has 0 aromatic heterocycles. The molecule has 0 bridgehead atoms. The van der Waals surface area contributed by atoms with Crippen LogP contribution in [0, 0.1) is 0 Å². The summed E-state index contributed by atoms with van der Waals surface area (Å²) in [4.78, 5) is 25.7. The number of aliphatic hydroxyl groups excluding tert-OH is 7. The van der Waals surface area contributed by atoms with Gasteiger partial charge in [0.2, 0.25) is 0 Å². The maximum atomic E-state index is 13.0. The average molecular weight is 967 g/mol. The minimum absolute atomic E-state index is 0.127. The lowest BCUT2D eigenvalue weighted by Crippen LogP contribution is -2.61. The van der Waals surface area contributed by atoms with Gasteiger partial charge in [-0.3, -0.25) is 9.59 Å². The monoisotopic (exact) mass is 967 g/mol. The Hall–Kier alpha value is -2.80. The van der Waals surface area contributed by atoms with E-state index in [1.807, 2.05) is 0 Å². The SMILES string of the molecule is CC/C=C\C/C=C\C/C=C\CCCCCC(=O)OC(COC(=O)CCCCCCCCCCC/C=C\C/C=C\CCCCC)COC1OC(COC2OC(CO)C(O)C(O)C2O)C(O)C(O)C1O. The highest BCUT2D eigenvalue weighted by Crippen LogP contribution is 2.26. The molecule has 15 heteroatoms. The smallest absolute Gasteiger partial charge is 0.306 e. The van der Waals surface area contributed by atoms with Gasteiger partial charge in [-0.1, -0.05) is 139 Å². The third-order valence-electron chi connectivity index (χ3n) is 12.0. The van der Waals surface area contributed by atoms with E-state index in [4.69, 9.17) is 28.4 Å². The lowest BCUT2D eigenvalue weighted by atomic mass is 9.98. The molecule has 7 N–H and O–H groups in total. The van der Waals surface area contributed by atoms with E-state index in [1.165, 1.54) is 57.8 Å². The summed E-state index contributed by atoms with van der Waals surface area (Å²) in [5.74, 6) is -0.968. The number of carbonyl (C=O) groups excluding carboxylic acids is 2. The van der Waals surface area contributed by atoms with Crippen molar-refractivity contribution in [2.75, 3.05) is 26.4 Å². The summed E-state index contributed by atoms with van der Waals surface area (Å²) in [6, 6.07) is 0. The van der Waals surface area contributed by atoms with E-state index in [-0.39, 0.29) is 19.4 Å². The molecular formula is C53H90O15. The number of aliphatic hydroxyl groups is 7. The van der Waals surface area contributed by atoms with Crippen molar-refractivity contribution in [2.24, 2.45) is 0 Å². The van der Waals surface area contributed by atoms with Crippen LogP contribution < -0.4 is 0 Å². The minimum atomic E-state index is -1.77. The van der Waals surface area contributed by atoms with Crippen LogP contribution in [0.25, 0.3) is 0 Å². The highest BCUT2D eigenvalue weighted by molar-refractivity contribution is 5.70. The maximum absolute atomic E-state index is 13.0. The summed E-state index contributed by atoms with van der Waals surface area (Å²) in [6.45, 7) is 2.40. The molecule has 2 saturated heterocycles. The van der Waals surface area contributed by atoms with Crippen LogP contribution in [-0.4, -0.2) is 142 Å². The molecule has 2 aliphatic heterocycles. The van der Waals surface area contributed by atoms with Gasteiger partial charge in [-0.2, -0.15) is 0 Å². The Kier molecular flexibility index (Phi) is 36.0. The first-order chi connectivity index (χ1) is 33.0. The van der Waals surface area contributed by atoms with Gasteiger partial charge in [0.25, 0.3) is 0 Å². The zero-order valence-electron chi connectivity index (χ0n) is 41.3. The summed E-state index contributed by atoms with van der Waals surface area (Å²) in [5.41, 5.74) is 0. The van der Waals surface area contributed by atoms with E-state index in [9.17, 15) is 45.3 Å². The van der Waals surface area contributed by atoms with Crippen molar-refractivity contribution in [1.29, 1.82) is 0 Å². The molecule has 11 atom stereocenters. The van der Waals surface area contributed by atoms with Gasteiger partial charge in [-0.05, 0) is 77.0 Å². The molecule has 2 aliphatic rings. The van der Waals surface area contributed by atoms with Gasteiger partial charge in [0.1, 0.15) is 55.4 Å². The lowest BCUT2D eigenvalue weighted by Gasteiger charge is -2.42. The molecule has 2 rings (SSSR count). The van der Waals surface area contributed by atoms with E-state index in [1.54, 1.807) is 0 Å². The van der Waals surface area contributed by atoms with Crippen molar-refractivity contribution in [1.82, 2.24) is 0 Å². The normalized spacial score (nSPS) is 26.2. The van der Waals surface area contributed by atoms with Crippen molar-refractivity contribution in [2.45, 2.75) is 235 Å². The second kappa shape index (κ2) is 39.9. The molecule has 0 aromatic rings. The van der Waals surface area contributed by atoms with Crippen molar-refractivity contribution in [3.63, 3.8) is 0 Å². The molecule has 68 heavy (non-hydrogen) atoms. The first-order valence-corrected chi connectivity index (χ1v) is 25.9. The Bertz CT molecular complexity index is 1420. The van der Waals surface area contributed by atoms with E-state index in [0.29, 0.717) is 12.8 Å². The Morgan fingerprint density at radius 3 is 1.47 bits per heavy atom. The van der Waals surface area contributed by atoms with Crippen molar-refractivity contribution >= 4 is 11.9 Å². The van der Waals surface area contributed by atoms with Crippen LogP contribution >= 0.6 is 0 Å². The fourth-order valence-electron chi connectivity index (χ4n) is 7.73. The first-order valence-electron chi connectivity index (χ1n) is 25.9. The molecule has 0 spiro atoms. The maximum Gasteiger partial charge on any atom is 0.306 e. The fourth-order valence-corrected chi connectivity index (χ4v) is 7.73. The molecule has 0 amide bonds. The number of hydrogen-bond acceptors (Lipinski definition) is 15. The molecular weight excluding hydrogens is 877 g/mol. The molecule has 15 nitrogen and oxygen atoms in total. The summed E-state index contributed by atoms with van der Waals surface area (Å²) in [7, 11) is 0. The first kappa shape index (κ1) is 61.3. The predicted molar refractivity (Wildman–Crippen MR) is 261 cm³/mol. The Morgan fingerprint density at radius 1 is 0.485 bits per heavy atom. The number of allylic oxidation sites excluding steroid dienone is 10. The van der Waals surface area contributed by atoms with Crippen LogP contribution in [0.1, 0.15) is 168 Å². The largest absolute Gasteiger partial charge is 0.462 e. The van der Waals surface area contributed by atoms with E-state index < -0.39 is 99.3 Å². The quantitative estimate of drug-likeness (QED) is 0.0183. The van der Waals surface area contributed by atoms with Crippen molar-refractivity contribution in [3.05, 3.63) is 60.8 Å². The van der Waals surface area contributed by atoms with Gasteiger partial charge < -0.3 is 64.2 Å². The Morgan fingerprint density at radius 2 is 0.926 bits per heavy atom.